The Balaban J connectivity index is 2.32. The number of thiophene rings is 1. The first-order chi connectivity index (χ1) is 8.70. The number of hydrogen-bond donors (Lipinski definition) is 1. The van der Waals surface area contributed by atoms with Crippen LogP contribution < -0.4 is 5.32 Å². The molecule has 0 saturated carbocycles. The second-order valence-corrected chi connectivity index (χ2v) is 4.69. The minimum atomic E-state index is -0.293. The van der Waals surface area contributed by atoms with Gasteiger partial charge in [-0.15, -0.1) is 11.3 Å². The van der Waals surface area contributed by atoms with Gasteiger partial charge in [-0.05, 0) is 35.2 Å². The number of hydrogen-bond acceptors (Lipinski definition) is 2. The molecular formula is C14H12FNOS. The highest BCUT2D eigenvalue weighted by molar-refractivity contribution is 7.10. The molecule has 0 fully saturated rings. The smallest absolute Gasteiger partial charge is 0.244 e. The third-order valence-electron chi connectivity index (χ3n) is 2.50. The summed E-state index contributed by atoms with van der Waals surface area (Å²) in [4.78, 5) is 12.5. The Hall–Kier alpha value is -1.94. The van der Waals surface area contributed by atoms with Gasteiger partial charge in [0.15, 0.2) is 0 Å². The Labute approximate surface area is 109 Å². The number of carbonyl (C=O) groups excluding carboxylic acids is 1. The van der Waals surface area contributed by atoms with Gasteiger partial charge < -0.3 is 5.32 Å². The molecule has 0 aliphatic carbocycles. The van der Waals surface area contributed by atoms with Gasteiger partial charge >= 0.3 is 0 Å². The molecule has 0 radical (unpaired) electrons. The summed E-state index contributed by atoms with van der Waals surface area (Å²) in [5.74, 6) is -0.545. The van der Waals surface area contributed by atoms with Crippen LogP contribution in [0.2, 0.25) is 0 Å². The molecule has 4 heteroatoms. The lowest BCUT2D eigenvalue weighted by Gasteiger charge is -2.17. The molecule has 2 rings (SSSR count). The van der Waals surface area contributed by atoms with Gasteiger partial charge in [0.25, 0.3) is 0 Å². The quantitative estimate of drug-likeness (QED) is 0.841. The molecule has 1 heterocycles. The molecule has 2 nitrogen and oxygen atoms in total. The van der Waals surface area contributed by atoms with Crippen LogP contribution in [-0.2, 0) is 4.79 Å². The molecule has 1 unspecified atom stereocenters. The number of amides is 1. The van der Waals surface area contributed by atoms with Crippen LogP contribution in [-0.4, -0.2) is 5.91 Å². The van der Waals surface area contributed by atoms with E-state index < -0.39 is 0 Å². The normalized spacial score (nSPS) is 11.8. The van der Waals surface area contributed by atoms with Crippen LogP contribution in [0, 0.1) is 5.82 Å². The van der Waals surface area contributed by atoms with Crippen molar-refractivity contribution in [2.75, 3.05) is 0 Å². The Kier molecular flexibility index (Phi) is 3.89. The molecule has 2 aromatic rings. The summed E-state index contributed by atoms with van der Waals surface area (Å²) < 4.78 is 12.9. The van der Waals surface area contributed by atoms with Crippen LogP contribution in [0.4, 0.5) is 4.39 Å². The van der Waals surface area contributed by atoms with E-state index in [1.54, 1.807) is 12.1 Å². The third-order valence-corrected chi connectivity index (χ3v) is 3.44. The summed E-state index contributed by atoms with van der Waals surface area (Å²) in [5, 5.41) is 4.77. The van der Waals surface area contributed by atoms with Crippen LogP contribution in [0.3, 0.4) is 0 Å². The second-order valence-electron chi connectivity index (χ2n) is 3.71. The van der Waals surface area contributed by atoms with Crippen molar-refractivity contribution in [1.82, 2.24) is 5.32 Å². The molecule has 0 spiro atoms. The van der Waals surface area contributed by atoms with E-state index in [0.717, 1.165) is 10.4 Å². The summed E-state index contributed by atoms with van der Waals surface area (Å²) in [6, 6.07) is 9.69. The SMILES string of the molecule is C=CC(=O)NC(c1ccc(F)cc1)c1cccs1. The summed E-state index contributed by atoms with van der Waals surface area (Å²) >= 11 is 1.54. The standard InChI is InChI=1S/C14H12FNOS/c1-2-13(17)16-14(12-4-3-9-18-12)10-5-7-11(15)8-6-10/h2-9,14H,1H2,(H,16,17). The van der Waals surface area contributed by atoms with E-state index in [1.807, 2.05) is 17.5 Å². The summed E-state index contributed by atoms with van der Waals surface area (Å²) in [6.45, 7) is 3.43. The maximum atomic E-state index is 12.9. The fraction of sp³-hybridized carbons (Fsp3) is 0.0714. The first-order valence-corrected chi connectivity index (χ1v) is 6.30. The monoisotopic (exact) mass is 261 g/mol. The Morgan fingerprint density at radius 1 is 1.33 bits per heavy atom. The average molecular weight is 261 g/mol. The van der Waals surface area contributed by atoms with E-state index in [2.05, 4.69) is 11.9 Å². The summed E-state index contributed by atoms with van der Waals surface area (Å²) in [5.41, 5.74) is 0.842. The molecule has 0 bridgehead atoms. The molecular weight excluding hydrogens is 249 g/mol. The van der Waals surface area contributed by atoms with Gasteiger partial charge in [-0.25, -0.2) is 4.39 Å². The molecule has 1 N–H and O–H groups in total. The molecule has 0 aliphatic rings. The zero-order chi connectivity index (χ0) is 13.0. The predicted molar refractivity (Wildman–Crippen MR) is 70.9 cm³/mol. The lowest BCUT2D eigenvalue weighted by molar-refractivity contribution is -0.116. The van der Waals surface area contributed by atoms with Crippen LogP contribution >= 0.6 is 11.3 Å². The molecule has 1 aromatic carbocycles. The number of nitrogens with one attached hydrogen (secondary N) is 1. The molecule has 1 atom stereocenters. The van der Waals surface area contributed by atoms with E-state index in [1.165, 1.54) is 29.5 Å². The highest BCUT2D eigenvalue weighted by Crippen LogP contribution is 2.26. The van der Waals surface area contributed by atoms with Crippen molar-refractivity contribution in [3.05, 3.63) is 70.7 Å². The first kappa shape index (κ1) is 12.5. The summed E-state index contributed by atoms with van der Waals surface area (Å²) in [6.07, 6.45) is 1.23. The average Bonchev–Trinajstić information content (AvgIpc) is 2.90. The van der Waals surface area contributed by atoms with E-state index in [9.17, 15) is 9.18 Å². The topological polar surface area (TPSA) is 29.1 Å². The summed E-state index contributed by atoms with van der Waals surface area (Å²) in [7, 11) is 0. The van der Waals surface area contributed by atoms with E-state index in [-0.39, 0.29) is 17.8 Å². The fourth-order valence-electron chi connectivity index (χ4n) is 1.63. The van der Waals surface area contributed by atoms with Crippen molar-refractivity contribution in [3.8, 4) is 0 Å². The van der Waals surface area contributed by atoms with Crippen LogP contribution in [0.5, 0.6) is 0 Å². The molecule has 92 valence electrons. The van der Waals surface area contributed by atoms with Crippen molar-refractivity contribution >= 4 is 17.2 Å². The van der Waals surface area contributed by atoms with E-state index >= 15 is 0 Å². The van der Waals surface area contributed by atoms with Gasteiger partial charge in [0.2, 0.25) is 5.91 Å². The number of rotatable bonds is 4. The number of halogens is 1. The van der Waals surface area contributed by atoms with Gasteiger partial charge in [-0.3, -0.25) is 4.79 Å². The largest absolute Gasteiger partial charge is 0.341 e. The maximum absolute atomic E-state index is 12.9. The number of carbonyl (C=O) groups is 1. The molecule has 1 amide bonds. The predicted octanol–water partition coefficient (Wildman–Crippen LogP) is 3.28. The van der Waals surface area contributed by atoms with Crippen LogP contribution in [0.25, 0.3) is 0 Å². The van der Waals surface area contributed by atoms with Crippen molar-refractivity contribution in [2.45, 2.75) is 6.04 Å². The minimum Gasteiger partial charge on any atom is -0.341 e. The van der Waals surface area contributed by atoms with E-state index in [0.29, 0.717) is 0 Å². The van der Waals surface area contributed by atoms with Crippen molar-refractivity contribution in [2.24, 2.45) is 0 Å². The van der Waals surface area contributed by atoms with Crippen LogP contribution in [0.15, 0.2) is 54.4 Å². The van der Waals surface area contributed by atoms with Crippen molar-refractivity contribution in [3.63, 3.8) is 0 Å². The molecule has 0 aliphatic heterocycles. The van der Waals surface area contributed by atoms with Gasteiger partial charge in [0.1, 0.15) is 5.82 Å². The maximum Gasteiger partial charge on any atom is 0.244 e. The highest BCUT2D eigenvalue weighted by atomic mass is 32.1. The Bertz CT molecular complexity index is 533. The molecule has 0 saturated heterocycles. The third kappa shape index (κ3) is 2.84. The Morgan fingerprint density at radius 2 is 2.06 bits per heavy atom. The zero-order valence-corrected chi connectivity index (χ0v) is 10.4. The molecule has 18 heavy (non-hydrogen) atoms. The Morgan fingerprint density at radius 3 is 2.61 bits per heavy atom. The van der Waals surface area contributed by atoms with Gasteiger partial charge in [0.05, 0.1) is 6.04 Å². The van der Waals surface area contributed by atoms with E-state index in [4.69, 9.17) is 0 Å². The van der Waals surface area contributed by atoms with Crippen molar-refractivity contribution in [1.29, 1.82) is 0 Å². The van der Waals surface area contributed by atoms with Gasteiger partial charge in [0, 0.05) is 4.88 Å². The first-order valence-electron chi connectivity index (χ1n) is 5.42. The molecule has 1 aromatic heterocycles. The van der Waals surface area contributed by atoms with Gasteiger partial charge in [-0.2, -0.15) is 0 Å². The lowest BCUT2D eigenvalue weighted by atomic mass is 10.1. The zero-order valence-electron chi connectivity index (χ0n) is 9.60. The number of benzene rings is 1. The second kappa shape index (κ2) is 5.60. The minimum absolute atomic E-state index is 0.252. The van der Waals surface area contributed by atoms with Gasteiger partial charge in [-0.1, -0.05) is 24.8 Å². The highest BCUT2D eigenvalue weighted by Gasteiger charge is 2.16. The van der Waals surface area contributed by atoms with Crippen LogP contribution in [0.1, 0.15) is 16.5 Å². The fourth-order valence-corrected chi connectivity index (χ4v) is 2.43. The van der Waals surface area contributed by atoms with Crippen molar-refractivity contribution < 1.29 is 9.18 Å². The lowest BCUT2D eigenvalue weighted by Crippen LogP contribution is -2.26.